The number of fused-ring (bicyclic) bond motifs is 1. The van der Waals surface area contributed by atoms with Crippen LogP contribution in [0.15, 0.2) is 53.6 Å². The molecule has 0 unspecified atom stereocenters. The number of nitrogens with one attached hydrogen (secondary N) is 1. The molecule has 7 heteroatoms. The summed E-state index contributed by atoms with van der Waals surface area (Å²) in [6.07, 6.45) is 1.59. The van der Waals surface area contributed by atoms with Gasteiger partial charge in [-0.05, 0) is 36.8 Å². The minimum Gasteiger partial charge on any atom is -0.345 e. The largest absolute Gasteiger partial charge is 0.345 e. The molecule has 0 saturated carbocycles. The number of para-hydroxylation sites is 1. The van der Waals surface area contributed by atoms with Crippen LogP contribution in [0, 0.1) is 6.92 Å². The van der Waals surface area contributed by atoms with E-state index in [2.05, 4.69) is 10.3 Å². The van der Waals surface area contributed by atoms with Gasteiger partial charge in [0.25, 0.3) is 11.5 Å². The number of aryl methyl sites for hydroxylation is 2. The van der Waals surface area contributed by atoms with Crippen molar-refractivity contribution in [3.8, 4) is 0 Å². The number of carbonyl (C=O) groups excluding carboxylic acids is 2. The van der Waals surface area contributed by atoms with Gasteiger partial charge >= 0.3 is 0 Å². The highest BCUT2D eigenvalue weighted by atomic mass is 16.2. The van der Waals surface area contributed by atoms with Crippen molar-refractivity contribution in [2.45, 2.75) is 19.9 Å². The molecular formula is C21H22N4O3. The lowest BCUT2D eigenvalue weighted by Gasteiger charge is -2.12. The number of nitrogens with zero attached hydrogens (tertiary/aromatic N) is 3. The SMILES string of the molecule is Cc1cccc2c(=O)n(CCC(=O)Nc3cccc(C(=O)N(C)C)c3)cnc12. The molecule has 0 bridgehead atoms. The molecule has 0 aliphatic rings. The van der Waals surface area contributed by atoms with E-state index in [-0.39, 0.29) is 30.3 Å². The number of rotatable bonds is 5. The standard InChI is InChI=1S/C21H22N4O3/c1-14-6-4-9-17-19(14)22-13-25(21(17)28)11-10-18(26)23-16-8-5-7-15(12-16)20(27)24(2)3/h4-9,12-13H,10-11H2,1-3H3,(H,23,26). The molecule has 0 aliphatic carbocycles. The second-order valence-corrected chi connectivity index (χ2v) is 6.79. The van der Waals surface area contributed by atoms with Crippen LogP contribution in [0.1, 0.15) is 22.3 Å². The molecule has 0 radical (unpaired) electrons. The fraction of sp³-hybridized carbons (Fsp3) is 0.238. The normalized spacial score (nSPS) is 10.7. The first-order valence-electron chi connectivity index (χ1n) is 8.93. The molecule has 3 aromatic rings. The number of amides is 2. The van der Waals surface area contributed by atoms with Crippen molar-refractivity contribution in [2.24, 2.45) is 0 Å². The monoisotopic (exact) mass is 378 g/mol. The molecular weight excluding hydrogens is 356 g/mol. The highest BCUT2D eigenvalue weighted by Gasteiger charge is 2.11. The Bertz CT molecular complexity index is 1100. The number of hydrogen-bond donors (Lipinski definition) is 1. The van der Waals surface area contributed by atoms with Gasteiger partial charge in [-0.1, -0.05) is 18.2 Å². The van der Waals surface area contributed by atoms with E-state index in [0.717, 1.165) is 5.56 Å². The minimum absolute atomic E-state index is 0.116. The van der Waals surface area contributed by atoms with Gasteiger partial charge in [-0.3, -0.25) is 19.0 Å². The van der Waals surface area contributed by atoms with Gasteiger partial charge in [-0.25, -0.2) is 4.98 Å². The average Bonchev–Trinajstić information content (AvgIpc) is 2.67. The first kappa shape index (κ1) is 19.3. The van der Waals surface area contributed by atoms with Crippen LogP contribution in [0.5, 0.6) is 0 Å². The van der Waals surface area contributed by atoms with E-state index in [1.807, 2.05) is 19.1 Å². The Morgan fingerprint density at radius 2 is 1.89 bits per heavy atom. The maximum atomic E-state index is 12.6. The molecule has 2 amide bonds. The summed E-state index contributed by atoms with van der Waals surface area (Å²) in [5.41, 5.74) is 2.48. The van der Waals surface area contributed by atoms with Crippen molar-refractivity contribution in [3.63, 3.8) is 0 Å². The van der Waals surface area contributed by atoms with E-state index in [9.17, 15) is 14.4 Å². The van der Waals surface area contributed by atoms with Gasteiger partial charge in [0.15, 0.2) is 0 Å². The predicted octanol–water partition coefficient (Wildman–Crippen LogP) is 2.44. The molecule has 1 N–H and O–H groups in total. The Labute approximate surface area is 162 Å². The Kier molecular flexibility index (Phi) is 5.54. The molecule has 144 valence electrons. The van der Waals surface area contributed by atoms with Gasteiger partial charge in [0.1, 0.15) is 0 Å². The summed E-state index contributed by atoms with van der Waals surface area (Å²) in [4.78, 5) is 42.7. The highest BCUT2D eigenvalue weighted by Crippen LogP contribution is 2.13. The van der Waals surface area contributed by atoms with E-state index in [0.29, 0.717) is 22.2 Å². The summed E-state index contributed by atoms with van der Waals surface area (Å²) in [6, 6.07) is 12.2. The van der Waals surface area contributed by atoms with Crippen LogP contribution < -0.4 is 10.9 Å². The third kappa shape index (κ3) is 4.09. The Hall–Kier alpha value is -3.48. The van der Waals surface area contributed by atoms with E-state index < -0.39 is 0 Å². The zero-order valence-electron chi connectivity index (χ0n) is 16.1. The first-order chi connectivity index (χ1) is 13.4. The molecule has 2 aromatic carbocycles. The summed E-state index contributed by atoms with van der Waals surface area (Å²) >= 11 is 0. The van der Waals surface area contributed by atoms with Crippen molar-refractivity contribution in [1.82, 2.24) is 14.5 Å². The van der Waals surface area contributed by atoms with Crippen molar-refractivity contribution >= 4 is 28.4 Å². The van der Waals surface area contributed by atoms with Gasteiger partial charge in [-0.15, -0.1) is 0 Å². The van der Waals surface area contributed by atoms with Crippen molar-refractivity contribution in [3.05, 3.63) is 70.3 Å². The molecule has 0 spiro atoms. The third-order valence-corrected chi connectivity index (χ3v) is 4.43. The van der Waals surface area contributed by atoms with Gasteiger partial charge in [0.2, 0.25) is 5.91 Å². The number of carbonyl (C=O) groups is 2. The summed E-state index contributed by atoms with van der Waals surface area (Å²) < 4.78 is 1.44. The fourth-order valence-corrected chi connectivity index (χ4v) is 2.93. The quantitative estimate of drug-likeness (QED) is 0.739. The Morgan fingerprint density at radius 3 is 2.64 bits per heavy atom. The summed E-state index contributed by atoms with van der Waals surface area (Å²) in [5, 5.41) is 3.31. The summed E-state index contributed by atoms with van der Waals surface area (Å²) in [6.45, 7) is 2.12. The molecule has 0 aliphatic heterocycles. The smallest absolute Gasteiger partial charge is 0.261 e. The van der Waals surface area contributed by atoms with Crippen molar-refractivity contribution in [2.75, 3.05) is 19.4 Å². The van der Waals surface area contributed by atoms with Crippen LogP contribution in [0.4, 0.5) is 5.69 Å². The molecule has 0 saturated heterocycles. The lowest BCUT2D eigenvalue weighted by molar-refractivity contribution is -0.116. The fourth-order valence-electron chi connectivity index (χ4n) is 2.93. The van der Waals surface area contributed by atoms with Crippen LogP contribution >= 0.6 is 0 Å². The molecule has 1 aromatic heterocycles. The zero-order chi connectivity index (χ0) is 20.3. The third-order valence-electron chi connectivity index (χ3n) is 4.43. The average molecular weight is 378 g/mol. The minimum atomic E-state index is -0.245. The van der Waals surface area contributed by atoms with Crippen molar-refractivity contribution in [1.29, 1.82) is 0 Å². The predicted molar refractivity (Wildman–Crippen MR) is 108 cm³/mol. The highest BCUT2D eigenvalue weighted by molar-refractivity contribution is 5.97. The van der Waals surface area contributed by atoms with Crippen LogP contribution in [0.2, 0.25) is 0 Å². The van der Waals surface area contributed by atoms with E-state index >= 15 is 0 Å². The van der Waals surface area contributed by atoms with Gasteiger partial charge < -0.3 is 10.2 Å². The maximum absolute atomic E-state index is 12.6. The lowest BCUT2D eigenvalue weighted by atomic mass is 10.1. The molecule has 28 heavy (non-hydrogen) atoms. The summed E-state index contributed by atoms with van der Waals surface area (Å²) in [5.74, 6) is -0.383. The second kappa shape index (κ2) is 8.04. The number of anilines is 1. The number of benzene rings is 2. The topological polar surface area (TPSA) is 84.3 Å². The molecule has 1 heterocycles. The summed E-state index contributed by atoms with van der Waals surface area (Å²) in [7, 11) is 3.34. The van der Waals surface area contributed by atoms with Gasteiger partial charge in [0, 0.05) is 38.3 Å². The van der Waals surface area contributed by atoms with Gasteiger partial charge in [-0.2, -0.15) is 0 Å². The van der Waals surface area contributed by atoms with Crippen LogP contribution in [-0.2, 0) is 11.3 Å². The maximum Gasteiger partial charge on any atom is 0.261 e. The van der Waals surface area contributed by atoms with Crippen molar-refractivity contribution < 1.29 is 9.59 Å². The first-order valence-corrected chi connectivity index (χ1v) is 8.93. The van der Waals surface area contributed by atoms with Crippen LogP contribution in [-0.4, -0.2) is 40.4 Å². The van der Waals surface area contributed by atoms with E-state index in [4.69, 9.17) is 0 Å². The number of hydrogen-bond acceptors (Lipinski definition) is 4. The molecule has 3 rings (SSSR count). The molecule has 7 nitrogen and oxygen atoms in total. The number of aromatic nitrogens is 2. The second-order valence-electron chi connectivity index (χ2n) is 6.79. The molecule has 0 atom stereocenters. The zero-order valence-corrected chi connectivity index (χ0v) is 16.1. The van der Waals surface area contributed by atoms with E-state index in [1.165, 1.54) is 15.8 Å². The lowest BCUT2D eigenvalue weighted by Crippen LogP contribution is -2.24. The van der Waals surface area contributed by atoms with Gasteiger partial charge in [0.05, 0.1) is 17.2 Å². The van der Waals surface area contributed by atoms with Crippen LogP contribution in [0.3, 0.4) is 0 Å². The Balaban J connectivity index is 1.69. The van der Waals surface area contributed by atoms with Crippen LogP contribution in [0.25, 0.3) is 10.9 Å². The molecule has 0 fully saturated rings. The van der Waals surface area contributed by atoms with E-state index in [1.54, 1.807) is 44.4 Å². The Morgan fingerprint density at radius 1 is 1.14 bits per heavy atom.